The van der Waals surface area contributed by atoms with Gasteiger partial charge in [-0.1, -0.05) is 6.07 Å². The van der Waals surface area contributed by atoms with Gasteiger partial charge in [0.1, 0.15) is 6.10 Å². The van der Waals surface area contributed by atoms with E-state index >= 15 is 0 Å². The minimum absolute atomic E-state index is 0.133. The van der Waals surface area contributed by atoms with E-state index in [9.17, 15) is 23.9 Å². The van der Waals surface area contributed by atoms with Crippen LogP contribution in [0.3, 0.4) is 0 Å². The lowest BCUT2D eigenvalue weighted by Crippen LogP contribution is -2.28. The van der Waals surface area contributed by atoms with Crippen LogP contribution in [-0.4, -0.2) is 40.8 Å². The zero-order chi connectivity index (χ0) is 23.7. The number of hydrogen-bond acceptors (Lipinski definition) is 7. The van der Waals surface area contributed by atoms with Crippen LogP contribution in [0.5, 0.6) is 5.75 Å². The molecule has 10 heteroatoms. The van der Waals surface area contributed by atoms with Gasteiger partial charge in [-0.05, 0) is 61.9 Å². The molecule has 2 amide bonds. The van der Waals surface area contributed by atoms with Crippen LogP contribution in [-0.2, 0) is 14.3 Å². The number of anilines is 1. The van der Waals surface area contributed by atoms with E-state index < -0.39 is 35.8 Å². The largest absolute Gasteiger partial charge is 0.505 e. The molecule has 2 aromatic carbocycles. The van der Waals surface area contributed by atoms with Crippen LogP contribution < -0.4 is 10.8 Å². The normalized spacial score (nSPS) is 12.8. The maximum Gasteiger partial charge on any atom is 0.412 e. The standard InChI is InChI=1S/C22H23FN2O7/c1-3-31-19(10-11-20(28)25-30)21(15-6-9-18(27)17(23)12-15)32-22(29)24-16-7-4-14(5-8-16)13(2)26/h4-12,19,21,27,30H,3H2,1-2H3,(H,24,29)(H,25,28)/b11-10+/t19-,21-/m1/s1. The lowest BCUT2D eigenvalue weighted by atomic mass is 10.0. The Morgan fingerprint density at radius 3 is 2.41 bits per heavy atom. The van der Waals surface area contributed by atoms with Gasteiger partial charge < -0.3 is 14.6 Å². The summed E-state index contributed by atoms with van der Waals surface area (Å²) in [6, 6.07) is 9.49. The van der Waals surface area contributed by atoms with E-state index in [1.54, 1.807) is 6.92 Å². The van der Waals surface area contributed by atoms with Crippen molar-refractivity contribution in [1.29, 1.82) is 0 Å². The molecule has 2 atom stereocenters. The molecule has 4 N–H and O–H groups in total. The Kier molecular flexibility index (Phi) is 8.87. The quantitative estimate of drug-likeness (QED) is 0.200. The molecule has 2 aromatic rings. The molecule has 0 bridgehead atoms. The average Bonchev–Trinajstić information content (AvgIpc) is 2.77. The number of ketones is 1. The summed E-state index contributed by atoms with van der Waals surface area (Å²) in [5, 5.41) is 20.6. The molecule has 0 aliphatic heterocycles. The van der Waals surface area contributed by atoms with Crippen molar-refractivity contribution in [3.63, 3.8) is 0 Å². The summed E-state index contributed by atoms with van der Waals surface area (Å²) in [6.07, 6.45) is -0.967. The van der Waals surface area contributed by atoms with Gasteiger partial charge in [-0.15, -0.1) is 0 Å². The van der Waals surface area contributed by atoms with Gasteiger partial charge in [-0.2, -0.15) is 0 Å². The Morgan fingerprint density at radius 2 is 1.84 bits per heavy atom. The van der Waals surface area contributed by atoms with Crippen LogP contribution in [0.2, 0.25) is 0 Å². The van der Waals surface area contributed by atoms with Crippen LogP contribution >= 0.6 is 0 Å². The topological polar surface area (TPSA) is 134 Å². The molecule has 0 aliphatic rings. The van der Waals surface area contributed by atoms with Crippen molar-refractivity contribution in [2.45, 2.75) is 26.1 Å². The number of Topliss-reactive ketones (excluding diaryl/α,β-unsaturated/α-hetero) is 1. The summed E-state index contributed by atoms with van der Waals surface area (Å²) >= 11 is 0. The summed E-state index contributed by atoms with van der Waals surface area (Å²) < 4.78 is 25.0. The Balaban J connectivity index is 2.30. The number of carbonyl (C=O) groups excluding carboxylic acids is 3. The van der Waals surface area contributed by atoms with Gasteiger partial charge in [0.05, 0.1) is 0 Å². The van der Waals surface area contributed by atoms with E-state index in [1.807, 2.05) is 0 Å². The van der Waals surface area contributed by atoms with Crippen molar-refractivity contribution in [1.82, 2.24) is 5.48 Å². The molecule has 0 radical (unpaired) electrons. The fourth-order valence-corrected chi connectivity index (χ4v) is 2.73. The van der Waals surface area contributed by atoms with Crippen LogP contribution in [0.25, 0.3) is 0 Å². The molecule has 2 rings (SSSR count). The third kappa shape index (κ3) is 6.89. The number of nitrogens with one attached hydrogen (secondary N) is 2. The fraction of sp³-hybridized carbons (Fsp3) is 0.227. The second-order valence-electron chi connectivity index (χ2n) is 6.55. The Bertz CT molecular complexity index is 992. The molecule has 0 saturated heterocycles. The summed E-state index contributed by atoms with van der Waals surface area (Å²) in [5.41, 5.74) is 2.38. The number of hydroxylamine groups is 1. The maximum atomic E-state index is 14.0. The Labute approximate surface area is 183 Å². The first kappa shape index (κ1) is 24.5. The molecule has 0 heterocycles. The van der Waals surface area contributed by atoms with Crippen molar-refractivity contribution in [3.05, 3.63) is 71.6 Å². The van der Waals surface area contributed by atoms with Crippen LogP contribution in [0.1, 0.15) is 35.9 Å². The number of amides is 2. The van der Waals surface area contributed by atoms with Gasteiger partial charge in [0.2, 0.25) is 0 Å². The van der Waals surface area contributed by atoms with Gasteiger partial charge in [0.15, 0.2) is 23.5 Å². The van der Waals surface area contributed by atoms with E-state index in [-0.39, 0.29) is 18.0 Å². The SMILES string of the molecule is CCO[C@H](/C=C/C(=O)NO)[C@H](OC(=O)Nc1ccc(C(C)=O)cc1)c1ccc(O)c(F)c1. The molecular weight excluding hydrogens is 423 g/mol. The Morgan fingerprint density at radius 1 is 1.16 bits per heavy atom. The fourth-order valence-electron chi connectivity index (χ4n) is 2.73. The summed E-state index contributed by atoms with van der Waals surface area (Å²) in [7, 11) is 0. The molecule has 0 unspecified atom stereocenters. The molecule has 0 aliphatic carbocycles. The molecule has 170 valence electrons. The van der Waals surface area contributed by atoms with Crippen LogP contribution in [0.4, 0.5) is 14.9 Å². The number of hydrogen-bond donors (Lipinski definition) is 4. The third-order valence-electron chi connectivity index (χ3n) is 4.28. The number of rotatable bonds is 9. The first-order valence-corrected chi connectivity index (χ1v) is 9.56. The van der Waals surface area contributed by atoms with Gasteiger partial charge in [0, 0.05) is 23.9 Å². The number of phenolic OH excluding ortho intramolecular Hbond substituents is 1. The molecule has 0 fully saturated rings. The van der Waals surface area contributed by atoms with Crippen molar-refractivity contribution in [2.24, 2.45) is 0 Å². The van der Waals surface area contributed by atoms with Crippen molar-refractivity contribution in [3.8, 4) is 5.75 Å². The van der Waals surface area contributed by atoms with E-state index in [1.165, 1.54) is 48.8 Å². The van der Waals surface area contributed by atoms with E-state index in [4.69, 9.17) is 14.7 Å². The lowest BCUT2D eigenvalue weighted by Gasteiger charge is -2.25. The number of benzene rings is 2. The minimum Gasteiger partial charge on any atom is -0.505 e. The highest BCUT2D eigenvalue weighted by atomic mass is 19.1. The van der Waals surface area contributed by atoms with Crippen molar-refractivity contribution in [2.75, 3.05) is 11.9 Å². The predicted octanol–water partition coefficient (Wildman–Crippen LogP) is 3.49. The smallest absolute Gasteiger partial charge is 0.412 e. The highest BCUT2D eigenvalue weighted by molar-refractivity contribution is 5.95. The first-order valence-electron chi connectivity index (χ1n) is 9.56. The number of aromatic hydroxyl groups is 1. The van der Waals surface area contributed by atoms with Crippen LogP contribution in [0.15, 0.2) is 54.6 Å². The molecule has 0 spiro atoms. The molecular formula is C22H23FN2O7. The van der Waals surface area contributed by atoms with Crippen LogP contribution in [0, 0.1) is 5.82 Å². The van der Waals surface area contributed by atoms with E-state index in [0.29, 0.717) is 11.3 Å². The number of carbonyl (C=O) groups is 3. The molecule has 32 heavy (non-hydrogen) atoms. The number of halogens is 1. The number of phenols is 1. The lowest BCUT2D eigenvalue weighted by molar-refractivity contribution is -0.124. The van der Waals surface area contributed by atoms with Gasteiger partial charge in [-0.25, -0.2) is 14.7 Å². The van der Waals surface area contributed by atoms with Gasteiger partial charge in [0.25, 0.3) is 5.91 Å². The summed E-state index contributed by atoms with van der Waals surface area (Å²) in [4.78, 5) is 35.3. The molecule has 9 nitrogen and oxygen atoms in total. The summed E-state index contributed by atoms with van der Waals surface area (Å²) in [6.45, 7) is 3.24. The van der Waals surface area contributed by atoms with Gasteiger partial charge >= 0.3 is 6.09 Å². The molecule has 0 aromatic heterocycles. The number of ether oxygens (including phenoxy) is 2. The second-order valence-corrected chi connectivity index (χ2v) is 6.55. The average molecular weight is 446 g/mol. The first-order chi connectivity index (χ1) is 15.2. The van der Waals surface area contributed by atoms with Crippen molar-refractivity contribution < 1.29 is 38.6 Å². The minimum atomic E-state index is -1.22. The van der Waals surface area contributed by atoms with E-state index in [0.717, 1.165) is 18.2 Å². The predicted molar refractivity (Wildman–Crippen MR) is 112 cm³/mol. The second kappa shape index (κ2) is 11.6. The zero-order valence-corrected chi connectivity index (χ0v) is 17.4. The highest BCUT2D eigenvalue weighted by Gasteiger charge is 2.27. The monoisotopic (exact) mass is 446 g/mol. The van der Waals surface area contributed by atoms with Gasteiger partial charge in [-0.3, -0.25) is 20.1 Å². The Hall–Kier alpha value is -3.76. The van der Waals surface area contributed by atoms with Crippen molar-refractivity contribution >= 4 is 23.5 Å². The maximum absolute atomic E-state index is 14.0. The molecule has 0 saturated carbocycles. The van der Waals surface area contributed by atoms with E-state index in [2.05, 4.69) is 5.32 Å². The third-order valence-corrected chi connectivity index (χ3v) is 4.28. The zero-order valence-electron chi connectivity index (χ0n) is 17.4. The highest BCUT2D eigenvalue weighted by Crippen LogP contribution is 2.29. The summed E-state index contributed by atoms with van der Waals surface area (Å²) in [5.74, 6) is -2.51.